The van der Waals surface area contributed by atoms with Crippen molar-refractivity contribution in [3.05, 3.63) is 0 Å². The van der Waals surface area contributed by atoms with Gasteiger partial charge in [0.1, 0.15) is 0 Å². The third kappa shape index (κ3) is 4.24. The molecule has 18 heavy (non-hydrogen) atoms. The first kappa shape index (κ1) is 14.3. The lowest BCUT2D eigenvalue weighted by atomic mass is 9.78. The predicted molar refractivity (Wildman–Crippen MR) is 76.8 cm³/mol. The zero-order chi connectivity index (χ0) is 12.8. The Kier molecular flexibility index (Phi) is 5.50. The summed E-state index contributed by atoms with van der Waals surface area (Å²) in [7, 11) is 0. The van der Waals surface area contributed by atoms with Gasteiger partial charge in [-0.05, 0) is 55.9 Å². The van der Waals surface area contributed by atoms with E-state index in [9.17, 15) is 0 Å². The van der Waals surface area contributed by atoms with E-state index in [4.69, 9.17) is 4.74 Å². The van der Waals surface area contributed by atoms with E-state index in [0.717, 1.165) is 25.0 Å². The highest BCUT2D eigenvalue weighted by Crippen LogP contribution is 2.42. The standard InChI is InChI=1S/C16H31NO/c1-14(2)11-16(7-3-4-8-16)13-17-12-15-5-9-18-10-6-15/h14-15,17H,3-13H2,1-2H3. The summed E-state index contributed by atoms with van der Waals surface area (Å²) >= 11 is 0. The zero-order valence-corrected chi connectivity index (χ0v) is 12.3. The van der Waals surface area contributed by atoms with E-state index in [0.29, 0.717) is 5.41 Å². The molecule has 1 saturated heterocycles. The number of ether oxygens (including phenoxy) is 1. The lowest BCUT2D eigenvalue weighted by molar-refractivity contribution is 0.0650. The average molecular weight is 253 g/mol. The highest BCUT2D eigenvalue weighted by molar-refractivity contribution is 4.87. The lowest BCUT2D eigenvalue weighted by Crippen LogP contribution is -2.37. The SMILES string of the molecule is CC(C)CC1(CNCC2CCOCC2)CCCC1. The van der Waals surface area contributed by atoms with Crippen LogP contribution in [-0.4, -0.2) is 26.3 Å². The third-order valence-corrected chi connectivity index (χ3v) is 4.78. The third-order valence-electron chi connectivity index (χ3n) is 4.78. The zero-order valence-electron chi connectivity index (χ0n) is 12.3. The first-order chi connectivity index (χ1) is 8.70. The molecule has 0 aromatic carbocycles. The highest BCUT2D eigenvalue weighted by atomic mass is 16.5. The minimum absolute atomic E-state index is 0.624. The molecule has 106 valence electrons. The summed E-state index contributed by atoms with van der Waals surface area (Å²) in [6.07, 6.45) is 9.72. The first-order valence-electron chi connectivity index (χ1n) is 7.99. The number of nitrogens with one attached hydrogen (secondary N) is 1. The molecule has 0 bridgehead atoms. The fraction of sp³-hybridized carbons (Fsp3) is 1.00. The predicted octanol–water partition coefficient (Wildman–Crippen LogP) is 3.61. The van der Waals surface area contributed by atoms with Gasteiger partial charge in [0, 0.05) is 19.8 Å². The van der Waals surface area contributed by atoms with Gasteiger partial charge in [0.15, 0.2) is 0 Å². The topological polar surface area (TPSA) is 21.3 Å². The second-order valence-electron chi connectivity index (χ2n) is 6.99. The van der Waals surface area contributed by atoms with Crippen LogP contribution in [0.15, 0.2) is 0 Å². The molecule has 0 aromatic heterocycles. The van der Waals surface area contributed by atoms with Crippen LogP contribution >= 0.6 is 0 Å². The van der Waals surface area contributed by atoms with Crippen molar-refractivity contribution in [2.45, 2.75) is 58.8 Å². The van der Waals surface area contributed by atoms with Crippen LogP contribution in [0.1, 0.15) is 58.8 Å². The molecule has 2 fully saturated rings. The van der Waals surface area contributed by atoms with Gasteiger partial charge < -0.3 is 10.1 Å². The molecule has 1 saturated carbocycles. The monoisotopic (exact) mass is 253 g/mol. The maximum Gasteiger partial charge on any atom is 0.0469 e. The molecule has 1 N–H and O–H groups in total. The largest absolute Gasteiger partial charge is 0.381 e. The molecule has 2 nitrogen and oxygen atoms in total. The van der Waals surface area contributed by atoms with Gasteiger partial charge in [-0.1, -0.05) is 26.7 Å². The molecule has 2 aliphatic rings. The Morgan fingerprint density at radius 2 is 1.83 bits per heavy atom. The van der Waals surface area contributed by atoms with E-state index >= 15 is 0 Å². The summed E-state index contributed by atoms with van der Waals surface area (Å²) < 4.78 is 5.42. The number of hydrogen-bond donors (Lipinski definition) is 1. The van der Waals surface area contributed by atoms with Crippen molar-refractivity contribution in [1.82, 2.24) is 5.32 Å². The Balaban J connectivity index is 1.72. The lowest BCUT2D eigenvalue weighted by Gasteiger charge is -2.32. The Bertz CT molecular complexity index is 227. The van der Waals surface area contributed by atoms with Crippen molar-refractivity contribution >= 4 is 0 Å². The van der Waals surface area contributed by atoms with E-state index in [2.05, 4.69) is 19.2 Å². The summed E-state index contributed by atoms with van der Waals surface area (Å²) in [4.78, 5) is 0. The van der Waals surface area contributed by atoms with Gasteiger partial charge >= 0.3 is 0 Å². The Morgan fingerprint density at radius 3 is 2.44 bits per heavy atom. The van der Waals surface area contributed by atoms with Crippen LogP contribution in [0.25, 0.3) is 0 Å². The molecule has 0 aromatic rings. The fourth-order valence-corrected chi connectivity index (χ4v) is 3.94. The Labute approximate surface area is 113 Å². The molecule has 0 spiro atoms. The van der Waals surface area contributed by atoms with Crippen LogP contribution < -0.4 is 5.32 Å². The van der Waals surface area contributed by atoms with Crippen molar-refractivity contribution in [2.24, 2.45) is 17.3 Å². The van der Waals surface area contributed by atoms with Gasteiger partial charge in [0.2, 0.25) is 0 Å². The summed E-state index contributed by atoms with van der Waals surface area (Å²) in [6, 6.07) is 0. The molecule has 2 rings (SSSR count). The van der Waals surface area contributed by atoms with E-state index in [1.165, 1.54) is 58.0 Å². The summed E-state index contributed by atoms with van der Waals surface area (Å²) in [6.45, 7) is 9.16. The van der Waals surface area contributed by atoms with Gasteiger partial charge in [-0.25, -0.2) is 0 Å². The Hall–Kier alpha value is -0.0800. The molecule has 0 atom stereocenters. The molecule has 1 heterocycles. The summed E-state index contributed by atoms with van der Waals surface area (Å²) in [5, 5.41) is 3.79. The average Bonchev–Trinajstić information content (AvgIpc) is 2.78. The maximum absolute atomic E-state index is 5.42. The quantitative estimate of drug-likeness (QED) is 0.781. The highest BCUT2D eigenvalue weighted by Gasteiger charge is 2.34. The van der Waals surface area contributed by atoms with Gasteiger partial charge in [-0.2, -0.15) is 0 Å². The molecule has 0 amide bonds. The molecule has 1 aliphatic carbocycles. The second kappa shape index (κ2) is 6.91. The second-order valence-corrected chi connectivity index (χ2v) is 6.99. The number of rotatable bonds is 6. The van der Waals surface area contributed by atoms with Gasteiger partial charge in [-0.15, -0.1) is 0 Å². The van der Waals surface area contributed by atoms with Crippen LogP contribution in [0, 0.1) is 17.3 Å². The van der Waals surface area contributed by atoms with Crippen LogP contribution in [0.3, 0.4) is 0 Å². The van der Waals surface area contributed by atoms with Gasteiger partial charge in [0.05, 0.1) is 0 Å². The van der Waals surface area contributed by atoms with E-state index < -0.39 is 0 Å². The molecular formula is C16H31NO. The van der Waals surface area contributed by atoms with Crippen LogP contribution in [0.2, 0.25) is 0 Å². The van der Waals surface area contributed by atoms with E-state index in [-0.39, 0.29) is 0 Å². The van der Waals surface area contributed by atoms with Crippen molar-refractivity contribution in [1.29, 1.82) is 0 Å². The van der Waals surface area contributed by atoms with Crippen molar-refractivity contribution < 1.29 is 4.74 Å². The molecule has 0 radical (unpaired) electrons. The Morgan fingerprint density at radius 1 is 1.17 bits per heavy atom. The minimum Gasteiger partial charge on any atom is -0.381 e. The van der Waals surface area contributed by atoms with Crippen molar-refractivity contribution in [3.63, 3.8) is 0 Å². The molecular weight excluding hydrogens is 222 g/mol. The molecule has 2 heteroatoms. The summed E-state index contributed by atoms with van der Waals surface area (Å²) in [5.41, 5.74) is 0.624. The normalized spacial score (nSPS) is 24.8. The van der Waals surface area contributed by atoms with Crippen molar-refractivity contribution in [3.8, 4) is 0 Å². The van der Waals surface area contributed by atoms with E-state index in [1.54, 1.807) is 0 Å². The van der Waals surface area contributed by atoms with Gasteiger partial charge in [0.25, 0.3) is 0 Å². The molecule has 1 aliphatic heterocycles. The van der Waals surface area contributed by atoms with Crippen LogP contribution in [0.4, 0.5) is 0 Å². The smallest absolute Gasteiger partial charge is 0.0469 e. The fourth-order valence-electron chi connectivity index (χ4n) is 3.94. The van der Waals surface area contributed by atoms with Crippen LogP contribution in [0.5, 0.6) is 0 Å². The maximum atomic E-state index is 5.42. The summed E-state index contributed by atoms with van der Waals surface area (Å²) in [5.74, 6) is 1.70. The van der Waals surface area contributed by atoms with Crippen LogP contribution in [-0.2, 0) is 4.74 Å². The van der Waals surface area contributed by atoms with Crippen molar-refractivity contribution in [2.75, 3.05) is 26.3 Å². The molecule has 0 unspecified atom stereocenters. The minimum atomic E-state index is 0.624. The first-order valence-corrected chi connectivity index (χ1v) is 7.99. The number of hydrogen-bond acceptors (Lipinski definition) is 2. The van der Waals surface area contributed by atoms with E-state index in [1.807, 2.05) is 0 Å². The van der Waals surface area contributed by atoms with Gasteiger partial charge in [-0.3, -0.25) is 0 Å².